The summed E-state index contributed by atoms with van der Waals surface area (Å²) in [5, 5.41) is 6.62. The fourth-order valence-corrected chi connectivity index (χ4v) is 1.53. The van der Waals surface area contributed by atoms with Crippen LogP contribution in [0.1, 0.15) is 5.56 Å². The number of amides is 3. The summed E-state index contributed by atoms with van der Waals surface area (Å²) in [4.78, 5) is 45.5. The molecule has 0 aliphatic carbocycles. The van der Waals surface area contributed by atoms with Crippen LogP contribution >= 0.6 is 0 Å². The van der Waals surface area contributed by atoms with Crippen molar-refractivity contribution in [3.63, 3.8) is 0 Å². The van der Waals surface area contributed by atoms with Crippen LogP contribution in [0.2, 0.25) is 0 Å². The molecular formula is C16H19N3O6. The number of hydrogen-bond donors (Lipinski definition) is 3. The average molecular weight is 349 g/mol. The maximum atomic E-state index is 11.6. The van der Waals surface area contributed by atoms with Gasteiger partial charge in [-0.1, -0.05) is 36.9 Å². The lowest BCUT2D eigenvalue weighted by atomic mass is 10.2. The molecule has 0 unspecified atom stereocenters. The molecule has 0 aliphatic rings. The third kappa shape index (κ3) is 8.16. The largest absolute Gasteiger partial charge is 0.468 e. The summed E-state index contributed by atoms with van der Waals surface area (Å²) in [7, 11) is 1.17. The summed E-state index contributed by atoms with van der Waals surface area (Å²) in [5.74, 6) is -2.06. The number of esters is 1. The standard InChI is InChI=1S/C16H19N3O6/c1-11(15(22)17-9-14(21)24-2)19-13(20)8-18-16(23)25-10-12-6-4-3-5-7-12/h3-7H,1,8-10H2,2H3,(H,17,22)(H,18,23)(H,19,20). The van der Waals surface area contributed by atoms with Crippen LogP contribution in [0.25, 0.3) is 0 Å². The maximum absolute atomic E-state index is 11.6. The highest BCUT2D eigenvalue weighted by Gasteiger charge is 2.13. The number of ether oxygens (including phenoxy) is 2. The third-order valence-corrected chi connectivity index (χ3v) is 2.79. The van der Waals surface area contributed by atoms with Crippen molar-refractivity contribution in [2.45, 2.75) is 6.61 Å². The minimum Gasteiger partial charge on any atom is -0.468 e. The molecule has 0 fully saturated rings. The molecule has 3 amide bonds. The second-order valence-corrected chi connectivity index (χ2v) is 4.70. The van der Waals surface area contributed by atoms with Gasteiger partial charge in [0, 0.05) is 0 Å². The molecule has 0 atom stereocenters. The summed E-state index contributed by atoms with van der Waals surface area (Å²) in [5.41, 5.74) is 0.533. The Morgan fingerprint density at radius 2 is 1.72 bits per heavy atom. The van der Waals surface area contributed by atoms with E-state index in [1.165, 1.54) is 7.11 Å². The number of nitrogens with one attached hydrogen (secondary N) is 3. The van der Waals surface area contributed by atoms with Gasteiger partial charge in [0.2, 0.25) is 5.91 Å². The first-order valence-electron chi connectivity index (χ1n) is 7.20. The van der Waals surface area contributed by atoms with E-state index in [-0.39, 0.29) is 18.8 Å². The monoisotopic (exact) mass is 349 g/mol. The molecule has 0 aliphatic heterocycles. The van der Waals surface area contributed by atoms with Gasteiger partial charge in [0.05, 0.1) is 12.8 Å². The van der Waals surface area contributed by atoms with Gasteiger partial charge in [0.1, 0.15) is 19.7 Å². The fourth-order valence-electron chi connectivity index (χ4n) is 1.53. The van der Waals surface area contributed by atoms with Crippen molar-refractivity contribution in [1.29, 1.82) is 0 Å². The highest BCUT2D eigenvalue weighted by Crippen LogP contribution is 2.00. The van der Waals surface area contributed by atoms with Crippen LogP contribution in [0.4, 0.5) is 4.79 Å². The van der Waals surface area contributed by atoms with Crippen molar-refractivity contribution in [3.05, 3.63) is 48.2 Å². The highest BCUT2D eigenvalue weighted by atomic mass is 16.5. The Hall–Kier alpha value is -3.36. The van der Waals surface area contributed by atoms with E-state index in [4.69, 9.17) is 4.74 Å². The molecule has 0 saturated heterocycles. The molecule has 9 heteroatoms. The zero-order chi connectivity index (χ0) is 18.7. The molecule has 0 heterocycles. The Kier molecular flexibility index (Phi) is 8.21. The van der Waals surface area contributed by atoms with Crippen molar-refractivity contribution in [3.8, 4) is 0 Å². The Bertz CT molecular complexity index is 645. The van der Waals surface area contributed by atoms with Crippen LogP contribution in [0, 0.1) is 0 Å². The molecule has 0 spiro atoms. The molecule has 1 aromatic carbocycles. The Labute approximate surface area is 144 Å². The van der Waals surface area contributed by atoms with Gasteiger partial charge in [0.25, 0.3) is 5.91 Å². The van der Waals surface area contributed by atoms with Crippen LogP contribution in [0.3, 0.4) is 0 Å². The smallest absolute Gasteiger partial charge is 0.407 e. The van der Waals surface area contributed by atoms with Crippen molar-refractivity contribution >= 4 is 23.9 Å². The summed E-state index contributed by atoms with van der Waals surface area (Å²) in [6, 6.07) is 9.03. The van der Waals surface area contributed by atoms with Gasteiger partial charge in [-0.3, -0.25) is 14.4 Å². The van der Waals surface area contributed by atoms with E-state index in [2.05, 4.69) is 27.3 Å². The Balaban J connectivity index is 2.24. The van der Waals surface area contributed by atoms with E-state index in [0.29, 0.717) is 0 Å². The fraction of sp³-hybridized carbons (Fsp3) is 0.250. The van der Waals surface area contributed by atoms with Crippen LogP contribution in [0.15, 0.2) is 42.6 Å². The van der Waals surface area contributed by atoms with E-state index >= 15 is 0 Å². The van der Waals surface area contributed by atoms with Crippen LogP contribution in [-0.4, -0.2) is 44.1 Å². The summed E-state index contributed by atoms with van der Waals surface area (Å²) < 4.78 is 9.27. The van der Waals surface area contributed by atoms with E-state index < -0.39 is 30.4 Å². The molecule has 25 heavy (non-hydrogen) atoms. The molecule has 0 aromatic heterocycles. The molecule has 0 bridgehead atoms. The van der Waals surface area contributed by atoms with E-state index in [9.17, 15) is 19.2 Å². The van der Waals surface area contributed by atoms with Gasteiger partial charge in [-0.2, -0.15) is 0 Å². The lowest BCUT2D eigenvalue weighted by Gasteiger charge is -2.10. The second-order valence-electron chi connectivity index (χ2n) is 4.70. The zero-order valence-electron chi connectivity index (χ0n) is 13.7. The van der Waals surface area contributed by atoms with Crippen LogP contribution in [-0.2, 0) is 30.5 Å². The zero-order valence-corrected chi connectivity index (χ0v) is 13.7. The number of carbonyl (C=O) groups is 4. The van der Waals surface area contributed by atoms with Gasteiger partial charge in [0.15, 0.2) is 0 Å². The van der Waals surface area contributed by atoms with Crippen molar-refractivity contribution < 1.29 is 28.7 Å². The molecule has 134 valence electrons. The van der Waals surface area contributed by atoms with Gasteiger partial charge in [-0.05, 0) is 5.56 Å². The predicted molar refractivity (Wildman–Crippen MR) is 86.9 cm³/mol. The minimum absolute atomic E-state index is 0.0664. The van der Waals surface area contributed by atoms with Crippen molar-refractivity contribution in [2.24, 2.45) is 0 Å². The minimum atomic E-state index is -0.778. The SMILES string of the molecule is C=C(NC(=O)CNC(=O)OCc1ccccc1)C(=O)NCC(=O)OC. The number of alkyl carbamates (subject to hydrolysis) is 1. The normalized spacial score (nSPS) is 9.48. The molecule has 1 rings (SSSR count). The number of benzene rings is 1. The molecule has 1 aromatic rings. The number of methoxy groups -OCH3 is 1. The summed E-state index contributed by atoms with van der Waals surface area (Å²) >= 11 is 0. The van der Waals surface area contributed by atoms with Crippen molar-refractivity contribution in [2.75, 3.05) is 20.2 Å². The molecule has 0 radical (unpaired) electrons. The first-order chi connectivity index (χ1) is 11.9. The Morgan fingerprint density at radius 3 is 2.36 bits per heavy atom. The summed E-state index contributed by atoms with van der Waals surface area (Å²) in [6.45, 7) is 2.67. The predicted octanol–water partition coefficient (Wildman–Crippen LogP) is -0.168. The second kappa shape index (κ2) is 10.4. The number of carbonyl (C=O) groups excluding carboxylic acids is 4. The van der Waals surface area contributed by atoms with Gasteiger partial charge < -0.3 is 25.4 Å². The lowest BCUT2D eigenvalue weighted by molar-refractivity contribution is -0.140. The Morgan fingerprint density at radius 1 is 1.04 bits per heavy atom. The number of rotatable bonds is 8. The molecule has 0 saturated carbocycles. The van der Waals surface area contributed by atoms with E-state index in [1.807, 2.05) is 6.07 Å². The summed E-state index contributed by atoms with van der Waals surface area (Å²) in [6.07, 6.45) is -0.778. The van der Waals surface area contributed by atoms with Gasteiger partial charge >= 0.3 is 12.1 Å². The van der Waals surface area contributed by atoms with E-state index in [1.54, 1.807) is 24.3 Å². The third-order valence-electron chi connectivity index (χ3n) is 2.79. The maximum Gasteiger partial charge on any atom is 0.407 e. The first-order valence-corrected chi connectivity index (χ1v) is 7.20. The van der Waals surface area contributed by atoms with E-state index in [0.717, 1.165) is 5.56 Å². The molecule has 3 N–H and O–H groups in total. The first kappa shape index (κ1) is 19.7. The van der Waals surface area contributed by atoms with Crippen LogP contribution < -0.4 is 16.0 Å². The number of hydrogen-bond acceptors (Lipinski definition) is 6. The average Bonchev–Trinajstić information content (AvgIpc) is 2.63. The topological polar surface area (TPSA) is 123 Å². The van der Waals surface area contributed by atoms with Crippen molar-refractivity contribution in [1.82, 2.24) is 16.0 Å². The lowest BCUT2D eigenvalue weighted by Crippen LogP contribution is -2.41. The van der Waals surface area contributed by atoms with Gasteiger partial charge in [-0.15, -0.1) is 0 Å². The molecular weight excluding hydrogens is 330 g/mol. The van der Waals surface area contributed by atoms with Crippen LogP contribution in [0.5, 0.6) is 0 Å². The molecule has 9 nitrogen and oxygen atoms in total. The quantitative estimate of drug-likeness (QED) is 0.442. The highest BCUT2D eigenvalue weighted by molar-refractivity contribution is 5.98. The van der Waals surface area contributed by atoms with Gasteiger partial charge in [-0.25, -0.2) is 4.79 Å².